The minimum Gasteiger partial charge on any atom is -0.495 e. The van der Waals surface area contributed by atoms with Crippen LogP contribution in [0.15, 0.2) is 69.9 Å². The average molecular weight is 434 g/mol. The minimum atomic E-state index is -0.279. The van der Waals surface area contributed by atoms with Crippen molar-refractivity contribution in [3.8, 4) is 17.1 Å². The second kappa shape index (κ2) is 8.28. The van der Waals surface area contributed by atoms with Crippen LogP contribution in [0.3, 0.4) is 0 Å². The summed E-state index contributed by atoms with van der Waals surface area (Å²) >= 11 is 6.11. The van der Waals surface area contributed by atoms with E-state index in [1.165, 1.54) is 13.2 Å². The average Bonchev–Trinajstić information content (AvgIpc) is 2.74. The first kappa shape index (κ1) is 20.7. The number of fused-ring (bicyclic) bond motifs is 1. The topological polar surface area (TPSA) is 68.5 Å². The van der Waals surface area contributed by atoms with E-state index in [4.69, 9.17) is 20.8 Å². The molecule has 3 aromatic carbocycles. The van der Waals surface area contributed by atoms with Crippen LogP contribution in [0.5, 0.6) is 5.75 Å². The first-order valence-electron chi connectivity index (χ1n) is 9.66. The van der Waals surface area contributed by atoms with Gasteiger partial charge in [0.1, 0.15) is 17.1 Å². The van der Waals surface area contributed by atoms with E-state index in [1.54, 1.807) is 42.5 Å². The molecule has 0 aliphatic heterocycles. The highest BCUT2D eigenvalue weighted by molar-refractivity contribution is 6.32. The van der Waals surface area contributed by atoms with Crippen LogP contribution in [0, 0.1) is 13.8 Å². The van der Waals surface area contributed by atoms with Gasteiger partial charge in [0.2, 0.25) is 0 Å². The number of carbonyl (C=O) groups is 1. The number of aryl methyl sites for hydroxylation is 2. The molecule has 6 heteroatoms. The van der Waals surface area contributed by atoms with Crippen molar-refractivity contribution in [3.05, 3.63) is 92.6 Å². The number of methoxy groups -OCH3 is 1. The highest BCUT2D eigenvalue weighted by Gasteiger charge is 2.12. The summed E-state index contributed by atoms with van der Waals surface area (Å²) in [6.45, 7) is 3.87. The lowest BCUT2D eigenvalue weighted by Crippen LogP contribution is -2.11. The summed E-state index contributed by atoms with van der Waals surface area (Å²) in [5.41, 5.74) is 4.13. The number of rotatable bonds is 4. The molecule has 1 heterocycles. The van der Waals surface area contributed by atoms with Crippen molar-refractivity contribution in [2.75, 3.05) is 12.4 Å². The van der Waals surface area contributed by atoms with Gasteiger partial charge < -0.3 is 14.5 Å². The van der Waals surface area contributed by atoms with Crippen LogP contribution < -0.4 is 15.5 Å². The lowest BCUT2D eigenvalue weighted by Gasteiger charge is -2.09. The van der Waals surface area contributed by atoms with Gasteiger partial charge in [0, 0.05) is 22.9 Å². The maximum atomic E-state index is 12.6. The molecule has 4 aromatic rings. The first-order valence-corrected chi connectivity index (χ1v) is 10.0. The van der Waals surface area contributed by atoms with Gasteiger partial charge in [0.25, 0.3) is 5.91 Å². The summed E-state index contributed by atoms with van der Waals surface area (Å²) in [6, 6.07) is 17.2. The zero-order valence-corrected chi connectivity index (χ0v) is 18.0. The fourth-order valence-corrected chi connectivity index (χ4v) is 3.74. The third kappa shape index (κ3) is 4.18. The lowest BCUT2D eigenvalue weighted by molar-refractivity contribution is 0.102. The van der Waals surface area contributed by atoms with Crippen LogP contribution in [0.25, 0.3) is 22.3 Å². The molecule has 156 valence electrons. The molecule has 1 N–H and O–H groups in total. The van der Waals surface area contributed by atoms with Gasteiger partial charge in [0.15, 0.2) is 5.43 Å². The van der Waals surface area contributed by atoms with E-state index in [0.29, 0.717) is 44.3 Å². The molecule has 0 aliphatic rings. The number of carbonyl (C=O) groups excluding carboxylic acids is 1. The maximum absolute atomic E-state index is 12.6. The Morgan fingerprint density at radius 1 is 1.00 bits per heavy atom. The first-order chi connectivity index (χ1) is 14.9. The van der Waals surface area contributed by atoms with Gasteiger partial charge in [-0.05, 0) is 61.4 Å². The predicted molar refractivity (Wildman–Crippen MR) is 123 cm³/mol. The van der Waals surface area contributed by atoms with Crippen LogP contribution in [-0.4, -0.2) is 13.0 Å². The van der Waals surface area contributed by atoms with Gasteiger partial charge in [-0.25, -0.2) is 0 Å². The van der Waals surface area contributed by atoms with E-state index in [0.717, 1.165) is 11.1 Å². The molecular weight excluding hydrogens is 414 g/mol. The van der Waals surface area contributed by atoms with Gasteiger partial charge in [-0.1, -0.05) is 29.8 Å². The number of halogens is 1. The summed E-state index contributed by atoms with van der Waals surface area (Å²) in [4.78, 5) is 25.2. The number of anilines is 1. The van der Waals surface area contributed by atoms with Crippen molar-refractivity contribution in [2.24, 2.45) is 0 Å². The maximum Gasteiger partial charge on any atom is 0.255 e. The Morgan fingerprint density at radius 2 is 1.74 bits per heavy atom. The molecule has 1 aromatic heterocycles. The SMILES string of the molecule is COc1ccc(NC(=O)c2ccc(-c3cc(=O)c4cc(C)cc(C)c4o3)cc2)cc1Cl. The monoisotopic (exact) mass is 433 g/mol. The van der Waals surface area contributed by atoms with Gasteiger partial charge in [-0.2, -0.15) is 0 Å². The van der Waals surface area contributed by atoms with Crippen LogP contribution in [-0.2, 0) is 0 Å². The predicted octanol–water partition coefficient (Wildman–Crippen LogP) is 5.99. The van der Waals surface area contributed by atoms with Crippen molar-refractivity contribution in [2.45, 2.75) is 13.8 Å². The van der Waals surface area contributed by atoms with Crippen LogP contribution >= 0.6 is 11.6 Å². The number of benzene rings is 3. The molecule has 31 heavy (non-hydrogen) atoms. The smallest absolute Gasteiger partial charge is 0.255 e. The Hall–Kier alpha value is -3.57. The number of hydrogen-bond acceptors (Lipinski definition) is 4. The second-order valence-corrected chi connectivity index (χ2v) is 7.72. The molecule has 0 aliphatic carbocycles. The van der Waals surface area contributed by atoms with E-state index in [9.17, 15) is 9.59 Å². The van der Waals surface area contributed by atoms with Crippen molar-refractivity contribution < 1.29 is 13.9 Å². The molecule has 1 amide bonds. The van der Waals surface area contributed by atoms with Gasteiger partial charge in [0.05, 0.1) is 17.5 Å². The fourth-order valence-electron chi connectivity index (χ4n) is 3.48. The lowest BCUT2D eigenvalue weighted by atomic mass is 10.1. The molecular formula is C25H20ClNO4. The minimum absolute atomic E-state index is 0.0961. The molecule has 0 atom stereocenters. The number of ether oxygens (including phenoxy) is 1. The van der Waals surface area contributed by atoms with Crippen molar-refractivity contribution in [1.82, 2.24) is 0 Å². The van der Waals surface area contributed by atoms with Crippen molar-refractivity contribution in [3.63, 3.8) is 0 Å². The second-order valence-electron chi connectivity index (χ2n) is 7.31. The molecule has 0 radical (unpaired) electrons. The summed E-state index contributed by atoms with van der Waals surface area (Å²) in [7, 11) is 1.53. The number of nitrogens with one attached hydrogen (secondary N) is 1. The highest BCUT2D eigenvalue weighted by atomic mass is 35.5. The van der Waals surface area contributed by atoms with Crippen LogP contribution in [0.1, 0.15) is 21.5 Å². The standard InChI is InChI=1S/C25H20ClNO4/c1-14-10-15(2)24-19(11-14)21(28)13-23(31-24)16-4-6-17(7-5-16)25(29)27-18-8-9-22(30-3)20(26)12-18/h4-13H,1-3H3,(H,27,29). The summed E-state index contributed by atoms with van der Waals surface area (Å²) in [5, 5.41) is 3.78. The fraction of sp³-hybridized carbons (Fsp3) is 0.120. The molecule has 0 fully saturated rings. The summed E-state index contributed by atoms with van der Waals surface area (Å²) in [5.74, 6) is 0.712. The largest absolute Gasteiger partial charge is 0.495 e. The van der Waals surface area contributed by atoms with Crippen LogP contribution in [0.2, 0.25) is 5.02 Å². The third-order valence-corrected chi connectivity index (χ3v) is 5.30. The quantitative estimate of drug-likeness (QED) is 0.429. The van der Waals surface area contributed by atoms with Crippen molar-refractivity contribution >= 4 is 34.2 Å². The zero-order valence-electron chi connectivity index (χ0n) is 17.3. The molecule has 4 rings (SSSR count). The zero-order chi connectivity index (χ0) is 22.1. The van der Waals surface area contributed by atoms with E-state index in [1.807, 2.05) is 26.0 Å². The highest BCUT2D eigenvalue weighted by Crippen LogP contribution is 2.28. The van der Waals surface area contributed by atoms with Gasteiger partial charge >= 0.3 is 0 Å². The van der Waals surface area contributed by atoms with Gasteiger partial charge in [-0.3, -0.25) is 9.59 Å². The molecule has 0 saturated carbocycles. The molecule has 0 bridgehead atoms. The Labute approximate surface area is 184 Å². The third-order valence-electron chi connectivity index (χ3n) is 5.00. The van der Waals surface area contributed by atoms with E-state index in [2.05, 4.69) is 5.32 Å². The molecule has 0 spiro atoms. The molecule has 0 saturated heterocycles. The number of amides is 1. The Morgan fingerprint density at radius 3 is 2.42 bits per heavy atom. The van der Waals surface area contributed by atoms with E-state index in [-0.39, 0.29) is 11.3 Å². The normalized spacial score (nSPS) is 10.8. The van der Waals surface area contributed by atoms with E-state index >= 15 is 0 Å². The Balaban J connectivity index is 1.60. The Bertz CT molecular complexity index is 1360. The van der Waals surface area contributed by atoms with Crippen molar-refractivity contribution in [1.29, 1.82) is 0 Å². The summed E-state index contributed by atoms with van der Waals surface area (Å²) < 4.78 is 11.1. The van der Waals surface area contributed by atoms with Crippen LogP contribution in [0.4, 0.5) is 5.69 Å². The van der Waals surface area contributed by atoms with E-state index < -0.39 is 0 Å². The van der Waals surface area contributed by atoms with Gasteiger partial charge in [-0.15, -0.1) is 0 Å². The number of hydrogen-bond donors (Lipinski definition) is 1. The molecule has 0 unspecified atom stereocenters. The Kier molecular flexibility index (Phi) is 5.53. The molecule has 5 nitrogen and oxygen atoms in total. The summed E-state index contributed by atoms with van der Waals surface area (Å²) in [6.07, 6.45) is 0.